The topological polar surface area (TPSA) is 6.48 Å². The molecule has 0 saturated carbocycles. The van der Waals surface area contributed by atoms with Crippen molar-refractivity contribution in [2.24, 2.45) is 0 Å². The largest absolute Gasteiger partial charge is 0.310 e. The number of nitrogens with zero attached hydrogens (tertiary/aromatic N) is 2. The molecule has 0 bridgehead atoms. The first-order valence-corrected chi connectivity index (χ1v) is 21.1. The quantitative estimate of drug-likeness (QED) is 0.156. The molecule has 0 fully saturated rings. The lowest BCUT2D eigenvalue weighted by molar-refractivity contribution is 1.30. The van der Waals surface area contributed by atoms with Crippen molar-refractivity contribution in [2.75, 3.05) is 9.80 Å². The molecule has 0 aliphatic carbocycles. The van der Waals surface area contributed by atoms with Crippen LogP contribution in [0.4, 0.5) is 34.1 Å². The number of rotatable bonds is 6. The summed E-state index contributed by atoms with van der Waals surface area (Å²) in [5, 5.41) is 18.0. The molecule has 1 heterocycles. The van der Waals surface area contributed by atoms with Crippen molar-refractivity contribution in [3.63, 3.8) is 0 Å². The molecule has 1 aromatic heterocycles. The average Bonchev–Trinajstić information content (AvgIpc) is 3.65. The molecule has 0 unspecified atom stereocenters. The van der Waals surface area contributed by atoms with Gasteiger partial charge in [0.15, 0.2) is 0 Å². The maximum absolute atomic E-state index is 2.42. The minimum Gasteiger partial charge on any atom is -0.310 e. The highest BCUT2D eigenvalue weighted by atomic mass is 32.1. The Hall–Kier alpha value is -7.46. The van der Waals surface area contributed by atoms with Crippen LogP contribution in [-0.4, -0.2) is 0 Å². The standard InChI is InChI=1S/C56H34N2S/c1-3-13-43(14-4-1)57(47-29-39-21-17-35-9-7-10-36-18-22-40(30-47)55(39)53(35)36)45-25-27-51-49(33-45)50-34-46(26-28-52(50)59-51)58(44-15-5-2-6-16-44)48-31-41-23-19-37-11-8-12-38-20-24-42(32-48)56(41)54(37)38/h1-34H. The highest BCUT2D eigenvalue weighted by Gasteiger charge is 2.20. The molecule has 0 saturated heterocycles. The van der Waals surface area contributed by atoms with Crippen LogP contribution >= 0.6 is 11.3 Å². The van der Waals surface area contributed by atoms with Crippen molar-refractivity contribution in [3.8, 4) is 0 Å². The van der Waals surface area contributed by atoms with Crippen LogP contribution in [0.3, 0.4) is 0 Å². The molecule has 0 radical (unpaired) electrons. The second-order valence-corrected chi connectivity index (χ2v) is 16.8. The number of anilines is 6. The fourth-order valence-corrected chi connectivity index (χ4v) is 10.9. The summed E-state index contributed by atoms with van der Waals surface area (Å²) in [6.07, 6.45) is 0. The maximum Gasteiger partial charge on any atom is 0.0473 e. The zero-order valence-electron chi connectivity index (χ0n) is 31.9. The Labute approximate surface area is 344 Å². The molecule has 0 amide bonds. The Kier molecular flexibility index (Phi) is 6.92. The van der Waals surface area contributed by atoms with Gasteiger partial charge in [-0.15, -0.1) is 11.3 Å². The Bertz CT molecular complexity index is 3360. The first-order chi connectivity index (χ1) is 29.2. The van der Waals surface area contributed by atoms with E-state index in [1.54, 1.807) is 0 Å². The van der Waals surface area contributed by atoms with Gasteiger partial charge < -0.3 is 9.80 Å². The summed E-state index contributed by atoms with van der Waals surface area (Å²) in [5.41, 5.74) is 6.81. The molecule has 0 aliphatic heterocycles. The smallest absolute Gasteiger partial charge is 0.0473 e. The molecule has 274 valence electrons. The monoisotopic (exact) mass is 766 g/mol. The van der Waals surface area contributed by atoms with E-state index in [1.807, 2.05) is 11.3 Å². The Morgan fingerprint density at radius 2 is 0.576 bits per heavy atom. The minimum atomic E-state index is 1.13. The van der Waals surface area contributed by atoms with Gasteiger partial charge in [-0.3, -0.25) is 0 Å². The molecule has 13 aromatic rings. The summed E-state index contributed by atoms with van der Waals surface area (Å²) >= 11 is 1.86. The summed E-state index contributed by atoms with van der Waals surface area (Å²) in [4.78, 5) is 4.83. The number of hydrogen-bond acceptors (Lipinski definition) is 3. The molecule has 59 heavy (non-hydrogen) atoms. The first kappa shape index (κ1) is 32.6. The number of para-hydroxylation sites is 2. The summed E-state index contributed by atoms with van der Waals surface area (Å²) in [5.74, 6) is 0. The van der Waals surface area contributed by atoms with Crippen LogP contribution in [0.2, 0.25) is 0 Å². The number of fused-ring (bicyclic) bond motifs is 3. The zero-order chi connectivity index (χ0) is 38.6. The average molecular weight is 767 g/mol. The van der Waals surface area contributed by atoms with E-state index in [1.165, 1.54) is 84.8 Å². The lowest BCUT2D eigenvalue weighted by Crippen LogP contribution is -2.10. The summed E-state index contributed by atoms with van der Waals surface area (Å²) in [6.45, 7) is 0. The molecule has 12 aromatic carbocycles. The summed E-state index contributed by atoms with van der Waals surface area (Å²) < 4.78 is 2.55. The van der Waals surface area contributed by atoms with Gasteiger partial charge in [-0.05, 0) is 150 Å². The van der Waals surface area contributed by atoms with Crippen molar-refractivity contribution in [1.82, 2.24) is 0 Å². The fraction of sp³-hybridized carbons (Fsp3) is 0. The van der Waals surface area contributed by atoms with Crippen LogP contribution in [0, 0.1) is 0 Å². The molecule has 0 spiro atoms. The highest BCUT2D eigenvalue weighted by Crippen LogP contribution is 2.46. The van der Waals surface area contributed by atoms with Crippen LogP contribution < -0.4 is 9.80 Å². The van der Waals surface area contributed by atoms with E-state index in [2.05, 4.69) is 216 Å². The van der Waals surface area contributed by atoms with Gasteiger partial charge in [-0.2, -0.15) is 0 Å². The second kappa shape index (κ2) is 12.5. The van der Waals surface area contributed by atoms with Gasteiger partial charge in [0.2, 0.25) is 0 Å². The minimum absolute atomic E-state index is 1.13. The predicted molar refractivity (Wildman–Crippen MR) is 256 cm³/mol. The van der Waals surface area contributed by atoms with Crippen molar-refractivity contribution >= 4 is 130 Å². The molecule has 0 N–H and O–H groups in total. The van der Waals surface area contributed by atoms with Gasteiger partial charge >= 0.3 is 0 Å². The molecule has 2 nitrogen and oxygen atoms in total. The van der Waals surface area contributed by atoms with Gasteiger partial charge in [0.25, 0.3) is 0 Å². The zero-order valence-corrected chi connectivity index (χ0v) is 32.7. The van der Waals surface area contributed by atoms with Crippen LogP contribution in [0.1, 0.15) is 0 Å². The fourth-order valence-electron chi connectivity index (χ4n) is 9.81. The van der Waals surface area contributed by atoms with E-state index in [0.29, 0.717) is 0 Å². The number of benzene rings is 12. The molecule has 0 atom stereocenters. The second-order valence-electron chi connectivity index (χ2n) is 15.8. The number of hydrogen-bond donors (Lipinski definition) is 0. The van der Waals surface area contributed by atoms with Gasteiger partial charge in [-0.25, -0.2) is 0 Å². The van der Waals surface area contributed by atoms with Crippen LogP contribution in [0.5, 0.6) is 0 Å². The highest BCUT2D eigenvalue weighted by molar-refractivity contribution is 7.25. The van der Waals surface area contributed by atoms with Crippen LogP contribution in [0.15, 0.2) is 206 Å². The summed E-state index contributed by atoms with van der Waals surface area (Å²) in [7, 11) is 0. The van der Waals surface area contributed by atoms with E-state index < -0.39 is 0 Å². The Balaban J connectivity index is 0.992. The molecular weight excluding hydrogens is 733 g/mol. The van der Waals surface area contributed by atoms with Gasteiger partial charge in [-0.1, -0.05) is 121 Å². The third-order valence-electron chi connectivity index (χ3n) is 12.4. The van der Waals surface area contributed by atoms with E-state index >= 15 is 0 Å². The van der Waals surface area contributed by atoms with E-state index in [9.17, 15) is 0 Å². The van der Waals surface area contributed by atoms with Crippen LogP contribution in [-0.2, 0) is 0 Å². The van der Waals surface area contributed by atoms with Gasteiger partial charge in [0.1, 0.15) is 0 Å². The molecular formula is C56H34N2S. The predicted octanol–water partition coefficient (Wildman–Crippen LogP) is 16.8. The van der Waals surface area contributed by atoms with Gasteiger partial charge in [0.05, 0.1) is 0 Å². The third-order valence-corrected chi connectivity index (χ3v) is 13.5. The normalized spacial score (nSPS) is 12.1. The van der Waals surface area contributed by atoms with E-state index in [-0.39, 0.29) is 0 Å². The maximum atomic E-state index is 2.42. The lowest BCUT2D eigenvalue weighted by atomic mass is 9.93. The first-order valence-electron chi connectivity index (χ1n) is 20.2. The Morgan fingerprint density at radius 1 is 0.237 bits per heavy atom. The van der Waals surface area contributed by atoms with Crippen molar-refractivity contribution in [2.45, 2.75) is 0 Å². The van der Waals surface area contributed by atoms with E-state index in [0.717, 1.165) is 34.1 Å². The Morgan fingerprint density at radius 3 is 0.949 bits per heavy atom. The van der Waals surface area contributed by atoms with Crippen molar-refractivity contribution in [1.29, 1.82) is 0 Å². The number of thiophene rings is 1. The SMILES string of the molecule is c1ccc(N(c2cc3ccc4cccc5ccc(c2)c3c45)c2ccc3sc4ccc(N(c5ccccc5)c5cc6ccc7cccc8ccc(c5)c6c78)cc4c3c2)cc1. The third kappa shape index (κ3) is 4.99. The van der Waals surface area contributed by atoms with Crippen molar-refractivity contribution < 1.29 is 0 Å². The summed E-state index contributed by atoms with van der Waals surface area (Å²) in [6, 6.07) is 76.4. The van der Waals surface area contributed by atoms with E-state index in [4.69, 9.17) is 0 Å². The molecule has 0 aliphatic rings. The lowest BCUT2D eigenvalue weighted by Gasteiger charge is -2.27. The van der Waals surface area contributed by atoms with Crippen molar-refractivity contribution in [3.05, 3.63) is 206 Å². The van der Waals surface area contributed by atoms with Crippen LogP contribution in [0.25, 0.3) is 84.8 Å². The molecule has 3 heteroatoms. The molecule has 13 rings (SSSR count). The van der Waals surface area contributed by atoms with Gasteiger partial charge in [0, 0.05) is 54.3 Å².